The van der Waals surface area contributed by atoms with Gasteiger partial charge in [-0.1, -0.05) is 0 Å². The zero-order valence-corrected chi connectivity index (χ0v) is 20.7. The van der Waals surface area contributed by atoms with Gasteiger partial charge < -0.3 is 20.3 Å². The Bertz CT molecular complexity index is 1100. The van der Waals surface area contributed by atoms with E-state index in [2.05, 4.69) is 25.1 Å². The molecule has 0 radical (unpaired) electrons. The fourth-order valence-corrected chi connectivity index (χ4v) is 4.60. The molecule has 2 aromatic rings. The van der Waals surface area contributed by atoms with Gasteiger partial charge in [0.1, 0.15) is 23.6 Å². The normalized spacial score (nSPS) is 18.9. The van der Waals surface area contributed by atoms with Crippen molar-refractivity contribution < 1.29 is 35.9 Å². The molecular weight excluding hydrogens is 518 g/mol. The predicted molar refractivity (Wildman–Crippen MR) is 128 cm³/mol. The molecule has 2 aliphatic heterocycles. The van der Waals surface area contributed by atoms with Gasteiger partial charge >= 0.3 is 12.4 Å². The maximum Gasteiger partial charge on any atom is 0.418 e. The van der Waals surface area contributed by atoms with Crippen LogP contribution in [0.25, 0.3) is 11.0 Å². The first-order valence-corrected chi connectivity index (χ1v) is 12.5. The Balaban J connectivity index is 1.37. The molecule has 2 aromatic heterocycles. The number of alkyl halides is 6. The number of fused-ring (bicyclic) bond motifs is 1. The van der Waals surface area contributed by atoms with Gasteiger partial charge in [-0.3, -0.25) is 9.69 Å². The smallest absolute Gasteiger partial charge is 0.380 e. The third-order valence-corrected chi connectivity index (χ3v) is 6.63. The summed E-state index contributed by atoms with van der Waals surface area (Å²) in [4.78, 5) is 25.2. The summed E-state index contributed by atoms with van der Waals surface area (Å²) in [6.07, 6.45) is -7.12. The number of carbonyl (C=O) groups is 1. The van der Waals surface area contributed by atoms with Crippen LogP contribution in [0.2, 0.25) is 0 Å². The van der Waals surface area contributed by atoms with Crippen LogP contribution >= 0.6 is 0 Å². The number of nitrogens with one attached hydrogen (secondary N) is 2. The average Bonchev–Trinajstić information content (AvgIpc) is 3.14. The molecule has 0 aliphatic carbocycles. The molecule has 1 amide bonds. The van der Waals surface area contributed by atoms with Crippen molar-refractivity contribution in [2.75, 3.05) is 64.3 Å². The second-order valence-corrected chi connectivity index (χ2v) is 9.48. The number of hydrogen-bond donors (Lipinski definition) is 2. The summed E-state index contributed by atoms with van der Waals surface area (Å²) >= 11 is 0. The van der Waals surface area contributed by atoms with E-state index in [0.717, 1.165) is 65.0 Å². The molecule has 2 aliphatic rings. The van der Waals surface area contributed by atoms with Gasteiger partial charge in [-0.25, -0.2) is 9.97 Å². The fourth-order valence-electron chi connectivity index (χ4n) is 4.60. The first-order valence-electron chi connectivity index (χ1n) is 12.5. The minimum atomic E-state index is -4.91. The zero-order chi connectivity index (χ0) is 27.3. The Kier molecular flexibility index (Phi) is 8.93. The van der Waals surface area contributed by atoms with E-state index in [1.165, 1.54) is 6.07 Å². The highest BCUT2D eigenvalue weighted by Crippen LogP contribution is 2.35. The quantitative estimate of drug-likeness (QED) is 0.513. The number of aromatic nitrogens is 2. The van der Waals surface area contributed by atoms with E-state index in [1.807, 2.05) is 5.32 Å². The Labute approximate surface area is 215 Å². The lowest BCUT2D eigenvalue weighted by atomic mass is 10.0. The number of pyridine rings is 2. The number of likely N-dealkylation sites (tertiary alicyclic amines) is 1. The molecule has 210 valence electrons. The molecule has 4 rings (SSSR count). The van der Waals surface area contributed by atoms with Crippen LogP contribution in [0.5, 0.6) is 0 Å². The van der Waals surface area contributed by atoms with Gasteiger partial charge in [0, 0.05) is 51.9 Å². The molecule has 0 spiro atoms. The van der Waals surface area contributed by atoms with E-state index in [1.54, 1.807) is 0 Å². The van der Waals surface area contributed by atoms with Crippen molar-refractivity contribution in [2.45, 2.75) is 37.7 Å². The van der Waals surface area contributed by atoms with Crippen molar-refractivity contribution >= 4 is 22.8 Å². The topological polar surface area (TPSA) is 82.6 Å². The third-order valence-electron chi connectivity index (χ3n) is 6.63. The monoisotopic (exact) mass is 548 g/mol. The van der Waals surface area contributed by atoms with Crippen LogP contribution in [0.4, 0.5) is 32.2 Å². The predicted octanol–water partition coefficient (Wildman–Crippen LogP) is 3.54. The highest BCUT2D eigenvalue weighted by molar-refractivity contribution is 5.95. The van der Waals surface area contributed by atoms with Gasteiger partial charge in [0.25, 0.3) is 5.91 Å². The van der Waals surface area contributed by atoms with Crippen molar-refractivity contribution in [1.82, 2.24) is 25.1 Å². The highest BCUT2D eigenvalue weighted by atomic mass is 19.4. The van der Waals surface area contributed by atoms with Crippen LogP contribution in [-0.4, -0.2) is 96.9 Å². The molecule has 0 bridgehead atoms. The molecule has 0 unspecified atom stereocenters. The number of nitrogens with zero attached hydrogens (tertiary/aromatic N) is 4. The summed E-state index contributed by atoms with van der Waals surface area (Å²) in [5.41, 5.74) is -2.36. The number of ether oxygens (including phenoxy) is 1. The summed E-state index contributed by atoms with van der Waals surface area (Å²) in [5.74, 6) is -1.19. The molecule has 0 saturated carbocycles. The minimum Gasteiger partial charge on any atom is -0.380 e. The molecule has 2 fully saturated rings. The first kappa shape index (κ1) is 28.3. The van der Waals surface area contributed by atoms with Crippen LogP contribution in [-0.2, 0) is 10.9 Å². The molecule has 0 atom stereocenters. The van der Waals surface area contributed by atoms with Crippen LogP contribution in [0.15, 0.2) is 18.2 Å². The van der Waals surface area contributed by atoms with Crippen molar-refractivity contribution in [1.29, 1.82) is 0 Å². The highest BCUT2D eigenvalue weighted by Gasteiger charge is 2.35. The second-order valence-electron chi connectivity index (χ2n) is 9.48. The molecule has 4 heterocycles. The maximum absolute atomic E-state index is 13.7. The van der Waals surface area contributed by atoms with Gasteiger partial charge in [0.15, 0.2) is 0 Å². The molecule has 2 saturated heterocycles. The fraction of sp³-hybridized carbons (Fsp3) is 0.625. The minimum absolute atomic E-state index is 0.142. The Hall–Kier alpha value is -2.71. The first-order chi connectivity index (χ1) is 18.0. The summed E-state index contributed by atoms with van der Waals surface area (Å²) < 4.78 is 84.0. The second kappa shape index (κ2) is 12.0. The molecule has 14 heteroatoms. The molecule has 38 heavy (non-hydrogen) atoms. The van der Waals surface area contributed by atoms with Crippen molar-refractivity contribution in [3.63, 3.8) is 0 Å². The summed E-state index contributed by atoms with van der Waals surface area (Å²) in [6.45, 7) is 5.37. The molecular formula is C24H30F6N6O2. The largest absolute Gasteiger partial charge is 0.418 e. The Morgan fingerprint density at radius 3 is 2.37 bits per heavy atom. The van der Waals surface area contributed by atoms with Crippen LogP contribution in [0, 0.1) is 0 Å². The van der Waals surface area contributed by atoms with Gasteiger partial charge in [0.05, 0.1) is 17.7 Å². The average molecular weight is 549 g/mol. The van der Waals surface area contributed by atoms with E-state index < -0.39 is 41.7 Å². The number of halogens is 6. The van der Waals surface area contributed by atoms with Crippen LogP contribution in [0.3, 0.4) is 0 Å². The maximum atomic E-state index is 13.7. The van der Waals surface area contributed by atoms with Crippen LogP contribution in [0.1, 0.15) is 35.3 Å². The molecule has 2 N–H and O–H groups in total. The molecule has 8 nitrogen and oxygen atoms in total. The van der Waals surface area contributed by atoms with Crippen molar-refractivity contribution in [3.8, 4) is 0 Å². The van der Waals surface area contributed by atoms with E-state index in [9.17, 15) is 31.1 Å². The number of rotatable bonds is 7. The van der Waals surface area contributed by atoms with Crippen LogP contribution < -0.4 is 10.6 Å². The number of amides is 1. The van der Waals surface area contributed by atoms with Crippen molar-refractivity contribution in [2.24, 2.45) is 0 Å². The molecule has 0 aromatic carbocycles. The SMILES string of the molecule is O=C(NC1CCN(CCN2CCCOCC2)CC1)c1ccc2nc(NCC(F)(F)F)cc(C(F)(F)F)c2n1. The van der Waals surface area contributed by atoms with E-state index in [-0.39, 0.29) is 17.3 Å². The zero-order valence-electron chi connectivity index (χ0n) is 20.7. The third kappa shape index (κ3) is 7.90. The number of anilines is 1. The summed E-state index contributed by atoms with van der Waals surface area (Å²) in [6, 6.07) is 2.70. The number of carbonyl (C=O) groups excluding carboxylic acids is 1. The number of hydrogen-bond acceptors (Lipinski definition) is 7. The summed E-state index contributed by atoms with van der Waals surface area (Å²) in [5, 5.41) is 4.71. The van der Waals surface area contributed by atoms with Gasteiger partial charge in [-0.15, -0.1) is 0 Å². The Morgan fingerprint density at radius 2 is 1.68 bits per heavy atom. The van der Waals surface area contributed by atoms with E-state index >= 15 is 0 Å². The number of piperidine rings is 1. The van der Waals surface area contributed by atoms with Gasteiger partial charge in [-0.05, 0) is 37.5 Å². The van der Waals surface area contributed by atoms with Gasteiger partial charge in [-0.2, -0.15) is 26.3 Å². The lowest BCUT2D eigenvalue weighted by Crippen LogP contribution is -2.46. The van der Waals surface area contributed by atoms with E-state index in [4.69, 9.17) is 4.74 Å². The lowest BCUT2D eigenvalue weighted by Gasteiger charge is -2.33. The lowest BCUT2D eigenvalue weighted by molar-refractivity contribution is -0.136. The standard InChI is InChI=1S/C24H30F6N6O2/c25-23(26,27)15-31-20-14-17(24(28,29)30)21-18(33-20)2-3-19(34-21)22(37)32-16-4-7-36(8-5-16)10-9-35-6-1-12-38-13-11-35/h2-3,14,16H,1,4-13,15H2,(H,31,33)(H,32,37). The Morgan fingerprint density at radius 1 is 0.974 bits per heavy atom. The van der Waals surface area contributed by atoms with E-state index in [0.29, 0.717) is 18.9 Å². The summed E-state index contributed by atoms with van der Waals surface area (Å²) in [7, 11) is 0. The van der Waals surface area contributed by atoms with Gasteiger partial charge in [0.2, 0.25) is 0 Å². The van der Waals surface area contributed by atoms with Crippen molar-refractivity contribution in [3.05, 3.63) is 29.5 Å².